The second-order valence-electron chi connectivity index (χ2n) is 2.77. The molecule has 0 saturated heterocycles. The van der Waals surface area contributed by atoms with Crippen LogP contribution in [0.25, 0.3) is 0 Å². The van der Waals surface area contributed by atoms with Gasteiger partial charge in [-0.2, -0.15) is 0 Å². The van der Waals surface area contributed by atoms with Crippen LogP contribution in [0.3, 0.4) is 0 Å². The Bertz CT molecular complexity index is 260. The van der Waals surface area contributed by atoms with Gasteiger partial charge in [-0.05, 0) is 12.1 Å². The van der Waals surface area contributed by atoms with Crippen LogP contribution >= 0.6 is 11.6 Å². The summed E-state index contributed by atoms with van der Waals surface area (Å²) >= 11 is 5.44. The number of alkyl halides is 2. The largest absolute Gasteiger partial charge is 0.261 e. The van der Waals surface area contributed by atoms with Gasteiger partial charge < -0.3 is 0 Å². The van der Waals surface area contributed by atoms with Gasteiger partial charge in [0.05, 0.1) is 5.92 Å². The maximum atomic E-state index is 12.9. The third-order valence-electron chi connectivity index (χ3n) is 1.87. The molecule has 11 heavy (non-hydrogen) atoms. The van der Waals surface area contributed by atoms with Gasteiger partial charge in [0.1, 0.15) is 0 Å². The fourth-order valence-electron chi connectivity index (χ4n) is 1.12. The minimum atomic E-state index is -1.52. The van der Waals surface area contributed by atoms with E-state index >= 15 is 0 Å². The number of hydrogen-bond acceptors (Lipinski definition) is 1. The van der Waals surface area contributed by atoms with Gasteiger partial charge in [0.2, 0.25) is 0 Å². The lowest BCUT2D eigenvalue weighted by molar-refractivity contribution is 0.415. The molecule has 1 aromatic heterocycles. The van der Waals surface area contributed by atoms with Crippen LogP contribution in [-0.4, -0.2) is 10.1 Å². The second-order valence-corrected chi connectivity index (χ2v) is 3.40. The standard InChI is InChI=1S/C8H7ClFN/c9-8(10)5-6(8)7-3-1-2-4-11-7/h1-4,6H,5H2. The van der Waals surface area contributed by atoms with Crippen molar-refractivity contribution >= 4 is 11.6 Å². The Balaban J connectivity index is 2.21. The van der Waals surface area contributed by atoms with Gasteiger partial charge in [-0.3, -0.25) is 4.98 Å². The number of rotatable bonds is 1. The minimum Gasteiger partial charge on any atom is -0.261 e. The molecule has 2 rings (SSSR count). The lowest BCUT2D eigenvalue weighted by Crippen LogP contribution is -1.92. The Hall–Kier alpha value is -0.630. The van der Waals surface area contributed by atoms with Crippen LogP contribution in [0.4, 0.5) is 4.39 Å². The molecule has 0 bridgehead atoms. The lowest BCUT2D eigenvalue weighted by atomic mass is 10.2. The second kappa shape index (κ2) is 2.18. The Kier molecular flexibility index (Phi) is 1.39. The predicted molar refractivity (Wildman–Crippen MR) is 41.3 cm³/mol. The van der Waals surface area contributed by atoms with Crippen molar-refractivity contribution in [3.8, 4) is 0 Å². The number of pyridine rings is 1. The topological polar surface area (TPSA) is 12.9 Å². The molecule has 1 fully saturated rings. The first kappa shape index (κ1) is 7.04. The SMILES string of the molecule is FC1(Cl)CC1c1ccccn1. The molecule has 0 aliphatic heterocycles. The van der Waals surface area contributed by atoms with Crippen LogP contribution < -0.4 is 0 Å². The molecule has 2 unspecified atom stereocenters. The molecule has 0 spiro atoms. The Labute approximate surface area is 69.2 Å². The normalized spacial score (nSPS) is 35.3. The van der Waals surface area contributed by atoms with E-state index in [0.29, 0.717) is 6.42 Å². The quantitative estimate of drug-likeness (QED) is 0.592. The third kappa shape index (κ3) is 1.23. The van der Waals surface area contributed by atoms with E-state index < -0.39 is 5.13 Å². The molecule has 3 heteroatoms. The Morgan fingerprint density at radius 3 is 2.82 bits per heavy atom. The van der Waals surface area contributed by atoms with E-state index in [1.807, 2.05) is 6.07 Å². The molecule has 58 valence electrons. The van der Waals surface area contributed by atoms with Crippen molar-refractivity contribution in [2.45, 2.75) is 17.5 Å². The highest BCUT2D eigenvalue weighted by Gasteiger charge is 2.55. The van der Waals surface area contributed by atoms with Crippen molar-refractivity contribution < 1.29 is 4.39 Å². The molecule has 0 N–H and O–H groups in total. The molecule has 1 aliphatic rings. The summed E-state index contributed by atoms with van der Waals surface area (Å²) in [4.78, 5) is 4.01. The van der Waals surface area contributed by atoms with Gasteiger partial charge in [0.15, 0.2) is 5.13 Å². The fraction of sp³-hybridized carbons (Fsp3) is 0.375. The number of aromatic nitrogens is 1. The number of hydrogen-bond donors (Lipinski definition) is 0. The van der Waals surface area contributed by atoms with Crippen LogP contribution in [-0.2, 0) is 0 Å². The van der Waals surface area contributed by atoms with E-state index in [2.05, 4.69) is 4.98 Å². The zero-order valence-corrected chi connectivity index (χ0v) is 6.55. The predicted octanol–water partition coefficient (Wildman–Crippen LogP) is 2.47. The zero-order valence-electron chi connectivity index (χ0n) is 5.80. The summed E-state index contributed by atoms with van der Waals surface area (Å²) in [7, 11) is 0. The number of nitrogens with zero attached hydrogens (tertiary/aromatic N) is 1. The molecule has 1 aromatic rings. The van der Waals surface area contributed by atoms with Gasteiger partial charge >= 0.3 is 0 Å². The van der Waals surface area contributed by atoms with Crippen molar-refractivity contribution in [2.75, 3.05) is 0 Å². The highest BCUT2D eigenvalue weighted by Crippen LogP contribution is 2.56. The maximum absolute atomic E-state index is 12.9. The maximum Gasteiger partial charge on any atom is 0.192 e. The molecule has 1 heterocycles. The van der Waals surface area contributed by atoms with E-state index in [0.717, 1.165) is 5.69 Å². The first-order chi connectivity index (χ1) is 5.20. The molecular weight excluding hydrogens is 165 g/mol. The van der Waals surface area contributed by atoms with Gasteiger partial charge in [-0.1, -0.05) is 17.7 Å². The average Bonchev–Trinajstić information content (AvgIpc) is 2.62. The van der Waals surface area contributed by atoms with Crippen molar-refractivity contribution in [1.82, 2.24) is 4.98 Å². The minimum absolute atomic E-state index is 0.189. The molecule has 1 nitrogen and oxygen atoms in total. The smallest absolute Gasteiger partial charge is 0.192 e. The van der Waals surface area contributed by atoms with Crippen LogP contribution in [0.2, 0.25) is 0 Å². The van der Waals surface area contributed by atoms with E-state index in [9.17, 15) is 4.39 Å². The van der Waals surface area contributed by atoms with Crippen LogP contribution in [0, 0.1) is 0 Å². The summed E-state index contributed by atoms with van der Waals surface area (Å²) in [5.74, 6) is -0.189. The molecule has 1 aliphatic carbocycles. The van der Waals surface area contributed by atoms with Crippen LogP contribution in [0.5, 0.6) is 0 Å². The summed E-state index contributed by atoms with van der Waals surface area (Å²) in [6, 6.07) is 5.45. The van der Waals surface area contributed by atoms with E-state index in [1.54, 1.807) is 18.3 Å². The Morgan fingerprint density at radius 1 is 1.64 bits per heavy atom. The summed E-state index contributed by atoms with van der Waals surface area (Å²) in [5, 5.41) is -1.52. The summed E-state index contributed by atoms with van der Waals surface area (Å²) < 4.78 is 12.9. The van der Waals surface area contributed by atoms with Gasteiger partial charge in [-0.15, -0.1) is 0 Å². The van der Waals surface area contributed by atoms with Gasteiger partial charge in [-0.25, -0.2) is 4.39 Å². The fourth-order valence-corrected chi connectivity index (χ4v) is 1.38. The van der Waals surface area contributed by atoms with E-state index in [-0.39, 0.29) is 5.92 Å². The third-order valence-corrected chi connectivity index (χ3v) is 2.29. The summed E-state index contributed by atoms with van der Waals surface area (Å²) in [5.41, 5.74) is 0.755. The lowest BCUT2D eigenvalue weighted by Gasteiger charge is -1.96. The van der Waals surface area contributed by atoms with Crippen molar-refractivity contribution in [2.24, 2.45) is 0 Å². The van der Waals surface area contributed by atoms with Crippen molar-refractivity contribution in [3.05, 3.63) is 30.1 Å². The first-order valence-corrected chi connectivity index (χ1v) is 3.87. The van der Waals surface area contributed by atoms with E-state index in [4.69, 9.17) is 11.6 Å². The molecular formula is C8H7ClFN. The van der Waals surface area contributed by atoms with Gasteiger partial charge in [0.25, 0.3) is 0 Å². The van der Waals surface area contributed by atoms with Crippen molar-refractivity contribution in [3.63, 3.8) is 0 Å². The molecule has 2 atom stereocenters. The monoisotopic (exact) mass is 171 g/mol. The first-order valence-electron chi connectivity index (χ1n) is 3.49. The number of halogens is 2. The summed E-state index contributed by atoms with van der Waals surface area (Å²) in [6.45, 7) is 0. The van der Waals surface area contributed by atoms with E-state index in [1.165, 1.54) is 0 Å². The highest BCUT2D eigenvalue weighted by atomic mass is 35.5. The highest BCUT2D eigenvalue weighted by molar-refractivity contribution is 6.25. The Morgan fingerprint density at radius 2 is 2.36 bits per heavy atom. The molecule has 0 aromatic carbocycles. The van der Waals surface area contributed by atoms with Crippen LogP contribution in [0.1, 0.15) is 18.0 Å². The average molecular weight is 172 g/mol. The molecule has 0 radical (unpaired) electrons. The zero-order chi connectivity index (χ0) is 7.90. The van der Waals surface area contributed by atoms with Crippen molar-refractivity contribution in [1.29, 1.82) is 0 Å². The summed E-state index contributed by atoms with van der Waals surface area (Å²) in [6.07, 6.45) is 2.05. The van der Waals surface area contributed by atoms with Crippen LogP contribution in [0.15, 0.2) is 24.4 Å². The molecule has 0 amide bonds. The van der Waals surface area contributed by atoms with Gasteiger partial charge in [0, 0.05) is 18.3 Å². The molecule has 1 saturated carbocycles.